The van der Waals surface area contributed by atoms with Crippen molar-refractivity contribution in [2.24, 2.45) is 5.92 Å². The van der Waals surface area contributed by atoms with Gasteiger partial charge in [-0.25, -0.2) is 0 Å². The minimum Gasteiger partial charge on any atom is -0.393 e. The van der Waals surface area contributed by atoms with Crippen LogP contribution in [0.5, 0.6) is 0 Å². The predicted molar refractivity (Wildman–Crippen MR) is 44.3 cm³/mol. The fraction of sp³-hybridized carbons (Fsp3) is 1.00. The summed E-state index contributed by atoms with van der Waals surface area (Å²) in [5.74, 6) is 0.351. The summed E-state index contributed by atoms with van der Waals surface area (Å²) in [5, 5.41) is 18.8. The lowest BCUT2D eigenvalue weighted by Gasteiger charge is -2.28. The number of aliphatic hydroxyl groups excluding tert-OH is 2. The number of hydrogen-bond donors (Lipinski definition) is 2. The third kappa shape index (κ3) is 2.46. The quantitative estimate of drug-likeness (QED) is 0.636. The molecule has 0 aromatic rings. The SMILES string of the molecule is CCC(O)C1CCCC(O)C1. The summed E-state index contributed by atoms with van der Waals surface area (Å²) in [6, 6.07) is 0. The van der Waals surface area contributed by atoms with Crippen molar-refractivity contribution in [2.75, 3.05) is 0 Å². The first-order valence-electron chi connectivity index (χ1n) is 4.60. The monoisotopic (exact) mass is 158 g/mol. The van der Waals surface area contributed by atoms with Crippen LogP contribution in [0.4, 0.5) is 0 Å². The Bertz CT molecular complexity index is 114. The third-order valence-electron chi connectivity index (χ3n) is 2.65. The molecule has 2 N–H and O–H groups in total. The highest BCUT2D eigenvalue weighted by Gasteiger charge is 2.24. The molecular weight excluding hydrogens is 140 g/mol. The zero-order chi connectivity index (χ0) is 8.27. The van der Waals surface area contributed by atoms with Gasteiger partial charge in [-0.15, -0.1) is 0 Å². The molecule has 0 heterocycles. The van der Waals surface area contributed by atoms with Crippen molar-refractivity contribution in [2.45, 2.75) is 51.2 Å². The summed E-state index contributed by atoms with van der Waals surface area (Å²) in [6.45, 7) is 1.99. The Balaban J connectivity index is 2.33. The zero-order valence-corrected chi connectivity index (χ0v) is 7.16. The van der Waals surface area contributed by atoms with Crippen molar-refractivity contribution >= 4 is 0 Å². The van der Waals surface area contributed by atoms with Crippen molar-refractivity contribution in [1.29, 1.82) is 0 Å². The van der Waals surface area contributed by atoms with E-state index in [1.165, 1.54) is 0 Å². The molecule has 0 aromatic carbocycles. The largest absolute Gasteiger partial charge is 0.393 e. The molecule has 2 nitrogen and oxygen atoms in total. The van der Waals surface area contributed by atoms with Crippen LogP contribution in [0, 0.1) is 5.92 Å². The number of rotatable bonds is 2. The van der Waals surface area contributed by atoms with Gasteiger partial charge in [-0.1, -0.05) is 13.3 Å². The summed E-state index contributed by atoms with van der Waals surface area (Å²) in [5.41, 5.74) is 0. The highest BCUT2D eigenvalue weighted by Crippen LogP contribution is 2.27. The van der Waals surface area contributed by atoms with Crippen LogP contribution >= 0.6 is 0 Å². The molecule has 1 saturated carbocycles. The van der Waals surface area contributed by atoms with E-state index < -0.39 is 0 Å². The van der Waals surface area contributed by atoms with Gasteiger partial charge in [0.2, 0.25) is 0 Å². The van der Waals surface area contributed by atoms with Gasteiger partial charge in [0.25, 0.3) is 0 Å². The Kier molecular flexibility index (Phi) is 3.34. The average Bonchev–Trinajstić information content (AvgIpc) is 2.03. The topological polar surface area (TPSA) is 40.5 Å². The number of hydrogen-bond acceptors (Lipinski definition) is 2. The third-order valence-corrected chi connectivity index (χ3v) is 2.65. The van der Waals surface area contributed by atoms with Gasteiger partial charge in [0.15, 0.2) is 0 Å². The van der Waals surface area contributed by atoms with Crippen LogP contribution in [0.2, 0.25) is 0 Å². The second kappa shape index (κ2) is 4.07. The van der Waals surface area contributed by atoms with Crippen molar-refractivity contribution in [3.63, 3.8) is 0 Å². The van der Waals surface area contributed by atoms with Crippen molar-refractivity contribution in [3.05, 3.63) is 0 Å². The zero-order valence-electron chi connectivity index (χ0n) is 7.16. The fourth-order valence-corrected chi connectivity index (χ4v) is 1.88. The van der Waals surface area contributed by atoms with Crippen LogP contribution < -0.4 is 0 Å². The first kappa shape index (κ1) is 9.01. The summed E-state index contributed by atoms with van der Waals surface area (Å²) in [6.07, 6.45) is 4.36. The Morgan fingerprint density at radius 2 is 2.18 bits per heavy atom. The molecule has 3 unspecified atom stereocenters. The molecule has 0 saturated heterocycles. The van der Waals surface area contributed by atoms with Crippen LogP contribution in [0.15, 0.2) is 0 Å². The van der Waals surface area contributed by atoms with E-state index in [-0.39, 0.29) is 12.2 Å². The molecule has 1 aliphatic rings. The predicted octanol–water partition coefficient (Wildman–Crippen LogP) is 1.31. The summed E-state index contributed by atoms with van der Waals surface area (Å²) in [7, 11) is 0. The standard InChI is InChI=1S/C9H18O2/c1-2-9(11)7-4-3-5-8(10)6-7/h7-11H,2-6H2,1H3. The Morgan fingerprint density at radius 3 is 2.73 bits per heavy atom. The number of aliphatic hydroxyl groups is 2. The Morgan fingerprint density at radius 1 is 1.45 bits per heavy atom. The second-order valence-corrected chi connectivity index (χ2v) is 3.56. The van der Waals surface area contributed by atoms with E-state index in [9.17, 15) is 10.2 Å². The van der Waals surface area contributed by atoms with Crippen molar-refractivity contribution in [1.82, 2.24) is 0 Å². The van der Waals surface area contributed by atoms with Crippen molar-refractivity contribution < 1.29 is 10.2 Å². The van der Waals surface area contributed by atoms with Gasteiger partial charge in [0, 0.05) is 0 Å². The Labute approximate surface area is 68.2 Å². The summed E-state index contributed by atoms with van der Waals surface area (Å²) >= 11 is 0. The lowest BCUT2D eigenvalue weighted by atomic mass is 9.83. The van der Waals surface area contributed by atoms with Crippen LogP contribution in [-0.2, 0) is 0 Å². The van der Waals surface area contributed by atoms with E-state index >= 15 is 0 Å². The van der Waals surface area contributed by atoms with Gasteiger partial charge < -0.3 is 10.2 Å². The highest BCUT2D eigenvalue weighted by molar-refractivity contribution is 4.76. The molecule has 0 amide bonds. The smallest absolute Gasteiger partial charge is 0.0566 e. The van der Waals surface area contributed by atoms with Gasteiger partial charge in [0.05, 0.1) is 12.2 Å². The maximum Gasteiger partial charge on any atom is 0.0566 e. The maximum absolute atomic E-state index is 9.49. The maximum atomic E-state index is 9.49. The molecule has 0 aliphatic heterocycles. The molecule has 0 aromatic heterocycles. The lowest BCUT2D eigenvalue weighted by Crippen LogP contribution is -2.28. The fourth-order valence-electron chi connectivity index (χ4n) is 1.88. The molecule has 2 heteroatoms. The van der Waals surface area contributed by atoms with E-state index in [0.717, 1.165) is 32.1 Å². The second-order valence-electron chi connectivity index (χ2n) is 3.56. The van der Waals surface area contributed by atoms with E-state index in [1.54, 1.807) is 0 Å². The minimum atomic E-state index is -0.190. The molecule has 66 valence electrons. The molecule has 1 aliphatic carbocycles. The van der Waals surface area contributed by atoms with E-state index in [4.69, 9.17) is 0 Å². The van der Waals surface area contributed by atoms with Crippen LogP contribution in [0.25, 0.3) is 0 Å². The van der Waals surface area contributed by atoms with Gasteiger partial charge in [-0.05, 0) is 31.6 Å². The molecule has 0 spiro atoms. The molecule has 0 bridgehead atoms. The van der Waals surface area contributed by atoms with E-state index in [1.807, 2.05) is 6.92 Å². The van der Waals surface area contributed by atoms with Crippen molar-refractivity contribution in [3.8, 4) is 0 Å². The van der Waals surface area contributed by atoms with Crippen LogP contribution in [0.3, 0.4) is 0 Å². The summed E-state index contributed by atoms with van der Waals surface area (Å²) in [4.78, 5) is 0. The van der Waals surface area contributed by atoms with Gasteiger partial charge >= 0.3 is 0 Å². The highest BCUT2D eigenvalue weighted by atomic mass is 16.3. The normalized spacial score (nSPS) is 35.2. The average molecular weight is 158 g/mol. The molecule has 1 rings (SSSR count). The van der Waals surface area contributed by atoms with Gasteiger partial charge in [0.1, 0.15) is 0 Å². The van der Waals surface area contributed by atoms with E-state index in [2.05, 4.69) is 0 Å². The molecule has 11 heavy (non-hydrogen) atoms. The first-order chi connectivity index (χ1) is 5.24. The Hall–Kier alpha value is -0.0800. The molecular formula is C9H18O2. The van der Waals surface area contributed by atoms with Gasteiger partial charge in [-0.2, -0.15) is 0 Å². The van der Waals surface area contributed by atoms with Gasteiger partial charge in [-0.3, -0.25) is 0 Å². The van der Waals surface area contributed by atoms with E-state index in [0.29, 0.717) is 5.92 Å². The molecule has 0 radical (unpaired) electrons. The summed E-state index contributed by atoms with van der Waals surface area (Å²) < 4.78 is 0. The first-order valence-corrected chi connectivity index (χ1v) is 4.60. The molecule has 3 atom stereocenters. The van der Waals surface area contributed by atoms with Crippen LogP contribution in [-0.4, -0.2) is 22.4 Å². The molecule has 1 fully saturated rings. The van der Waals surface area contributed by atoms with Crippen LogP contribution in [0.1, 0.15) is 39.0 Å². The lowest BCUT2D eigenvalue weighted by molar-refractivity contribution is 0.0282. The minimum absolute atomic E-state index is 0.157.